The van der Waals surface area contributed by atoms with Gasteiger partial charge in [-0.15, -0.1) is 0 Å². The summed E-state index contributed by atoms with van der Waals surface area (Å²) >= 11 is 1.60. The molecule has 1 N–H and O–H groups in total. The van der Waals surface area contributed by atoms with Crippen LogP contribution < -0.4 is 14.8 Å². The summed E-state index contributed by atoms with van der Waals surface area (Å²) in [5, 5.41) is 4.40. The van der Waals surface area contributed by atoms with Crippen LogP contribution in [0.2, 0.25) is 0 Å². The van der Waals surface area contributed by atoms with Crippen LogP contribution in [0.4, 0.5) is 0 Å². The quantitative estimate of drug-likeness (QED) is 0.507. The molecule has 0 amide bonds. The highest BCUT2D eigenvalue weighted by atomic mass is 32.2. The van der Waals surface area contributed by atoms with Gasteiger partial charge in [-0.1, -0.05) is 41.6 Å². The van der Waals surface area contributed by atoms with Crippen LogP contribution in [0.15, 0.2) is 41.4 Å². The van der Waals surface area contributed by atoms with Gasteiger partial charge in [0.1, 0.15) is 11.5 Å². The number of carbonyl (C=O) groups excluding carboxylic acids is 1. The zero-order valence-corrected chi connectivity index (χ0v) is 19.9. The fraction of sp³-hybridized carbons (Fsp3) is 0.440. The van der Waals surface area contributed by atoms with Crippen molar-refractivity contribution < 1.29 is 14.3 Å². The van der Waals surface area contributed by atoms with Crippen molar-refractivity contribution in [2.45, 2.75) is 64.6 Å². The topological polar surface area (TPSA) is 59.9 Å². The maximum atomic E-state index is 11.6. The molecule has 0 saturated heterocycles. The molecule has 0 aromatic heterocycles. The molecule has 6 heteroatoms. The number of carbonyl (C=O) groups is 1. The molecular weight excluding hydrogens is 408 g/mol. The summed E-state index contributed by atoms with van der Waals surface area (Å²) in [5.74, 6) is 1.04. The number of benzene rings is 2. The highest BCUT2D eigenvalue weighted by molar-refractivity contribution is 8.13. The van der Waals surface area contributed by atoms with Gasteiger partial charge in [0.25, 0.3) is 0 Å². The lowest BCUT2D eigenvalue weighted by molar-refractivity contribution is -0.131. The maximum Gasteiger partial charge on any atom is 0.308 e. The van der Waals surface area contributed by atoms with Crippen molar-refractivity contribution in [2.75, 3.05) is 6.26 Å². The second-order valence-corrected chi connectivity index (χ2v) is 10.1. The molecular formula is C25H30N2O3S. The lowest BCUT2D eigenvalue weighted by atomic mass is 9.76. The molecule has 2 aromatic rings. The third kappa shape index (κ3) is 4.45. The number of esters is 1. The van der Waals surface area contributed by atoms with Crippen molar-refractivity contribution in [2.24, 2.45) is 4.99 Å². The monoisotopic (exact) mass is 438 g/mol. The van der Waals surface area contributed by atoms with Gasteiger partial charge in [0.15, 0.2) is 5.17 Å². The van der Waals surface area contributed by atoms with Gasteiger partial charge >= 0.3 is 5.97 Å². The van der Waals surface area contributed by atoms with Gasteiger partial charge in [-0.25, -0.2) is 4.99 Å². The second-order valence-electron chi connectivity index (χ2n) is 9.27. The van der Waals surface area contributed by atoms with Crippen molar-refractivity contribution in [3.8, 4) is 11.5 Å². The first-order chi connectivity index (χ1) is 14.6. The minimum atomic E-state index is -0.684. The average Bonchev–Trinajstić information content (AvgIpc) is 2.65. The number of hydrogen-bond donors (Lipinski definition) is 1. The van der Waals surface area contributed by atoms with E-state index in [0.717, 1.165) is 34.9 Å². The lowest BCUT2D eigenvalue weighted by Gasteiger charge is -2.47. The molecule has 0 fully saturated rings. The Bertz CT molecular complexity index is 1050. The zero-order chi connectivity index (χ0) is 22.4. The number of nitrogens with zero attached hydrogens (tertiary/aromatic N) is 1. The van der Waals surface area contributed by atoms with E-state index in [4.69, 9.17) is 14.5 Å². The third-order valence-corrected chi connectivity index (χ3v) is 6.48. The molecule has 2 unspecified atom stereocenters. The average molecular weight is 439 g/mol. The molecule has 4 rings (SSSR count). The summed E-state index contributed by atoms with van der Waals surface area (Å²) < 4.78 is 12.1. The Balaban J connectivity index is 1.88. The molecule has 0 bridgehead atoms. The minimum Gasteiger partial charge on any atom is -0.466 e. The molecule has 164 valence electrons. The Morgan fingerprint density at radius 1 is 1.23 bits per heavy atom. The molecule has 0 radical (unpaired) electrons. The SMILES string of the molecule is CSC1=NC2(CC(c3ccc(C)cc3)c3c(C)cc(OC(C)=O)cc3O2)CC(C)(C)N1. The molecule has 31 heavy (non-hydrogen) atoms. The van der Waals surface area contributed by atoms with Crippen LogP contribution in [0, 0.1) is 13.8 Å². The lowest BCUT2D eigenvalue weighted by Crippen LogP contribution is -2.56. The standard InChI is InChI=1S/C25H30N2O3S/c1-15-7-9-18(10-8-15)20-13-25(14-24(4,5)26-23(27-25)31-6)30-21-12-19(29-17(3)28)11-16(2)22(20)21/h7-12,20H,13-14H2,1-6H3,(H,26,27). The van der Waals surface area contributed by atoms with E-state index < -0.39 is 5.72 Å². The Kier molecular flexibility index (Phi) is 5.54. The summed E-state index contributed by atoms with van der Waals surface area (Å²) in [6.45, 7) is 9.93. The molecule has 0 aliphatic carbocycles. The number of amidine groups is 1. The van der Waals surface area contributed by atoms with Crippen molar-refractivity contribution in [1.29, 1.82) is 0 Å². The number of nitrogens with one attached hydrogen (secondary N) is 1. The molecule has 0 saturated carbocycles. The predicted molar refractivity (Wildman–Crippen MR) is 126 cm³/mol. The van der Waals surface area contributed by atoms with Crippen molar-refractivity contribution >= 4 is 22.9 Å². The number of ether oxygens (including phenoxy) is 2. The van der Waals surface area contributed by atoms with Crippen molar-refractivity contribution in [1.82, 2.24) is 5.32 Å². The summed E-state index contributed by atoms with van der Waals surface area (Å²) in [7, 11) is 0. The molecule has 2 aliphatic rings. The number of rotatable bonds is 2. The van der Waals surface area contributed by atoms with E-state index in [9.17, 15) is 4.79 Å². The van der Waals surface area contributed by atoms with E-state index in [1.54, 1.807) is 11.8 Å². The number of aryl methyl sites for hydroxylation is 2. The van der Waals surface area contributed by atoms with E-state index in [1.807, 2.05) is 18.4 Å². The van der Waals surface area contributed by atoms with Crippen molar-refractivity contribution in [3.05, 3.63) is 58.7 Å². The van der Waals surface area contributed by atoms with Crippen LogP contribution in [0.1, 0.15) is 61.8 Å². The number of fused-ring (bicyclic) bond motifs is 1. The van der Waals surface area contributed by atoms with Crippen LogP contribution in [-0.2, 0) is 4.79 Å². The Morgan fingerprint density at radius 2 is 1.94 bits per heavy atom. The molecule has 2 aromatic carbocycles. The summed E-state index contributed by atoms with van der Waals surface area (Å²) in [6.07, 6.45) is 3.52. The van der Waals surface area contributed by atoms with Gasteiger partial charge in [-0.2, -0.15) is 0 Å². The van der Waals surface area contributed by atoms with E-state index in [0.29, 0.717) is 5.75 Å². The first kappa shape index (κ1) is 21.8. The van der Waals surface area contributed by atoms with Crippen molar-refractivity contribution in [3.63, 3.8) is 0 Å². The highest BCUT2D eigenvalue weighted by Gasteiger charge is 2.48. The number of hydrogen-bond acceptors (Lipinski definition) is 6. The molecule has 2 heterocycles. The molecule has 2 atom stereocenters. The molecule has 5 nitrogen and oxygen atoms in total. The normalized spacial score (nSPS) is 23.9. The van der Waals surface area contributed by atoms with Gasteiger partial charge in [-0.05, 0) is 51.1 Å². The maximum absolute atomic E-state index is 11.6. The van der Waals surface area contributed by atoms with Gasteiger partial charge in [-0.3, -0.25) is 4.79 Å². The fourth-order valence-corrected chi connectivity index (χ4v) is 5.43. The van der Waals surface area contributed by atoms with Crippen LogP contribution in [-0.4, -0.2) is 28.7 Å². The second kappa shape index (κ2) is 7.90. The van der Waals surface area contributed by atoms with Crippen LogP contribution in [0.5, 0.6) is 11.5 Å². The highest BCUT2D eigenvalue weighted by Crippen LogP contribution is 2.51. The third-order valence-electron chi connectivity index (χ3n) is 5.90. The van der Waals surface area contributed by atoms with E-state index in [2.05, 4.69) is 57.3 Å². The smallest absolute Gasteiger partial charge is 0.308 e. The predicted octanol–water partition coefficient (Wildman–Crippen LogP) is 5.33. The van der Waals surface area contributed by atoms with E-state index in [-0.39, 0.29) is 17.4 Å². The van der Waals surface area contributed by atoms with Crippen LogP contribution in [0.3, 0.4) is 0 Å². The first-order valence-electron chi connectivity index (χ1n) is 10.6. The Morgan fingerprint density at radius 3 is 2.58 bits per heavy atom. The Hall–Kier alpha value is -2.47. The van der Waals surface area contributed by atoms with Crippen LogP contribution >= 0.6 is 11.8 Å². The molecule has 1 spiro atoms. The van der Waals surface area contributed by atoms with Gasteiger partial charge < -0.3 is 14.8 Å². The summed E-state index contributed by atoms with van der Waals surface area (Å²) in [5.41, 5.74) is 3.84. The fourth-order valence-electron chi connectivity index (χ4n) is 4.79. The largest absolute Gasteiger partial charge is 0.466 e. The molecule has 2 aliphatic heterocycles. The van der Waals surface area contributed by atoms with Gasteiger partial charge in [0, 0.05) is 42.9 Å². The zero-order valence-electron chi connectivity index (χ0n) is 19.0. The van der Waals surface area contributed by atoms with E-state index >= 15 is 0 Å². The van der Waals surface area contributed by atoms with Gasteiger partial charge in [0.2, 0.25) is 5.72 Å². The number of aliphatic imine (C=N–C) groups is 1. The van der Waals surface area contributed by atoms with E-state index in [1.165, 1.54) is 18.1 Å². The van der Waals surface area contributed by atoms with Crippen LogP contribution in [0.25, 0.3) is 0 Å². The minimum absolute atomic E-state index is 0.136. The first-order valence-corrected chi connectivity index (χ1v) is 11.8. The Labute approximate surface area is 188 Å². The summed E-state index contributed by atoms with van der Waals surface area (Å²) in [6, 6.07) is 12.5. The number of thioether (sulfide) groups is 1. The summed E-state index contributed by atoms with van der Waals surface area (Å²) in [4.78, 5) is 16.6. The van der Waals surface area contributed by atoms with Gasteiger partial charge in [0.05, 0.1) is 0 Å².